The van der Waals surface area contributed by atoms with E-state index in [-0.39, 0.29) is 24.0 Å². The van der Waals surface area contributed by atoms with Crippen LogP contribution < -0.4 is 10.2 Å². The topological polar surface area (TPSA) is 51.1 Å². The summed E-state index contributed by atoms with van der Waals surface area (Å²) in [6, 6.07) is 16.3. The summed E-state index contributed by atoms with van der Waals surface area (Å²) in [5.41, 5.74) is 3.87. The zero-order chi connectivity index (χ0) is 17.9. The van der Waals surface area contributed by atoms with Gasteiger partial charge in [-0.15, -0.1) is 24.0 Å². The van der Waals surface area contributed by atoms with Crippen molar-refractivity contribution in [3.63, 3.8) is 0 Å². The molecule has 27 heavy (non-hydrogen) atoms. The molecular formula is C21H27IN4O. The van der Waals surface area contributed by atoms with Crippen LogP contribution in [0.1, 0.15) is 17.0 Å². The number of hydrogen-bond donors (Lipinski definition) is 2. The lowest BCUT2D eigenvalue weighted by Crippen LogP contribution is -2.53. The number of anilines is 1. The van der Waals surface area contributed by atoms with Crippen molar-refractivity contribution in [2.75, 3.05) is 44.7 Å². The molecule has 0 spiro atoms. The van der Waals surface area contributed by atoms with Crippen molar-refractivity contribution in [2.24, 2.45) is 4.99 Å². The third kappa shape index (κ3) is 4.15. The molecule has 2 aliphatic rings. The van der Waals surface area contributed by atoms with E-state index >= 15 is 0 Å². The Bertz CT molecular complexity index is 802. The van der Waals surface area contributed by atoms with Crippen LogP contribution >= 0.6 is 24.0 Å². The van der Waals surface area contributed by atoms with Crippen LogP contribution in [0.5, 0.6) is 5.75 Å². The van der Waals surface area contributed by atoms with Gasteiger partial charge in [0.05, 0.1) is 5.69 Å². The molecular weight excluding hydrogens is 451 g/mol. The van der Waals surface area contributed by atoms with E-state index in [1.165, 1.54) is 11.1 Å². The summed E-state index contributed by atoms with van der Waals surface area (Å²) in [5, 5.41) is 13.6. The number of hydrogen-bond acceptors (Lipinski definition) is 3. The van der Waals surface area contributed by atoms with Crippen LogP contribution in [-0.4, -0.2) is 55.7 Å². The highest BCUT2D eigenvalue weighted by Gasteiger charge is 2.26. The molecule has 2 aromatic rings. The van der Waals surface area contributed by atoms with Gasteiger partial charge in [0.2, 0.25) is 0 Å². The molecule has 1 unspecified atom stereocenters. The van der Waals surface area contributed by atoms with E-state index in [1.54, 1.807) is 6.07 Å². The smallest absolute Gasteiger partial charge is 0.193 e. The van der Waals surface area contributed by atoms with E-state index in [2.05, 4.69) is 44.4 Å². The number of aliphatic imine (C=N–C) groups is 1. The highest BCUT2D eigenvalue weighted by atomic mass is 127. The van der Waals surface area contributed by atoms with Gasteiger partial charge in [-0.25, -0.2) is 0 Å². The normalized spacial score (nSPS) is 19.0. The van der Waals surface area contributed by atoms with E-state index in [9.17, 15) is 5.11 Å². The molecule has 1 aliphatic carbocycles. The number of rotatable bonds is 3. The van der Waals surface area contributed by atoms with Crippen LogP contribution in [0.4, 0.5) is 5.69 Å². The first-order chi connectivity index (χ1) is 12.8. The molecule has 144 valence electrons. The van der Waals surface area contributed by atoms with Crippen LogP contribution in [0.25, 0.3) is 0 Å². The van der Waals surface area contributed by atoms with Crippen molar-refractivity contribution < 1.29 is 5.11 Å². The number of phenols is 1. The molecule has 1 atom stereocenters. The maximum absolute atomic E-state index is 10.1. The molecule has 6 heteroatoms. The molecule has 2 aromatic carbocycles. The standard InChI is InChI=1S/C21H26N4O.HI/c1-22-21(23-15-17-14-16-6-2-3-7-18(16)17)25-12-10-24(11-13-25)19-8-4-5-9-20(19)26;/h2-9,17,26H,10-15H2,1H3,(H,22,23);1H. The molecule has 1 aliphatic heterocycles. The van der Waals surface area contributed by atoms with Crippen molar-refractivity contribution in [3.8, 4) is 5.75 Å². The number of halogens is 1. The summed E-state index contributed by atoms with van der Waals surface area (Å²) in [5.74, 6) is 1.92. The van der Waals surface area contributed by atoms with Gasteiger partial charge in [0, 0.05) is 45.7 Å². The molecule has 1 heterocycles. The van der Waals surface area contributed by atoms with E-state index in [0.717, 1.165) is 50.8 Å². The Morgan fingerprint density at radius 2 is 1.78 bits per heavy atom. The summed E-state index contributed by atoms with van der Waals surface area (Å²) in [6.45, 7) is 4.49. The Kier molecular flexibility index (Phi) is 6.46. The first-order valence-corrected chi connectivity index (χ1v) is 9.32. The molecule has 0 bridgehead atoms. The average Bonchev–Trinajstić information content (AvgIpc) is 2.66. The molecule has 1 fully saturated rings. The minimum atomic E-state index is 0. The molecule has 0 aromatic heterocycles. The minimum Gasteiger partial charge on any atom is -0.506 e. The summed E-state index contributed by atoms with van der Waals surface area (Å²) in [6.07, 6.45) is 1.15. The fourth-order valence-corrected chi connectivity index (χ4v) is 3.98. The van der Waals surface area contributed by atoms with Crippen molar-refractivity contribution >= 4 is 35.6 Å². The third-order valence-electron chi connectivity index (χ3n) is 5.48. The Morgan fingerprint density at radius 1 is 1.07 bits per heavy atom. The van der Waals surface area contributed by atoms with Crippen LogP contribution in [0.3, 0.4) is 0 Å². The lowest BCUT2D eigenvalue weighted by atomic mass is 9.78. The second-order valence-corrected chi connectivity index (χ2v) is 6.99. The van der Waals surface area contributed by atoms with Gasteiger partial charge in [-0.05, 0) is 29.7 Å². The predicted molar refractivity (Wildman–Crippen MR) is 122 cm³/mol. The number of aromatic hydroxyl groups is 1. The van der Waals surface area contributed by atoms with E-state index < -0.39 is 0 Å². The van der Waals surface area contributed by atoms with Crippen LogP contribution in [0.2, 0.25) is 0 Å². The number of phenolic OH excluding ortho intramolecular Hbond substituents is 1. The van der Waals surface area contributed by atoms with Crippen molar-refractivity contribution in [2.45, 2.75) is 12.3 Å². The number of piperazine rings is 1. The van der Waals surface area contributed by atoms with E-state index in [1.807, 2.05) is 25.2 Å². The number of para-hydroxylation sites is 2. The largest absolute Gasteiger partial charge is 0.506 e. The second kappa shape index (κ2) is 8.82. The molecule has 0 radical (unpaired) electrons. The van der Waals surface area contributed by atoms with Gasteiger partial charge in [-0.3, -0.25) is 4.99 Å². The number of nitrogens with zero attached hydrogens (tertiary/aromatic N) is 3. The monoisotopic (exact) mass is 478 g/mol. The maximum Gasteiger partial charge on any atom is 0.193 e. The number of nitrogens with one attached hydrogen (secondary N) is 1. The number of guanidine groups is 1. The summed E-state index contributed by atoms with van der Waals surface area (Å²) < 4.78 is 0. The van der Waals surface area contributed by atoms with Crippen molar-refractivity contribution in [1.29, 1.82) is 0 Å². The quantitative estimate of drug-likeness (QED) is 0.405. The molecule has 0 amide bonds. The van der Waals surface area contributed by atoms with Gasteiger partial charge < -0.3 is 20.2 Å². The van der Waals surface area contributed by atoms with E-state index in [0.29, 0.717) is 11.7 Å². The van der Waals surface area contributed by atoms with Gasteiger partial charge >= 0.3 is 0 Å². The SMILES string of the molecule is CN=C(NCC1Cc2ccccc21)N1CCN(c2ccccc2O)CC1.I. The van der Waals surface area contributed by atoms with Crippen LogP contribution in [0.15, 0.2) is 53.5 Å². The van der Waals surface area contributed by atoms with E-state index in [4.69, 9.17) is 0 Å². The molecule has 4 rings (SSSR count). The summed E-state index contributed by atoms with van der Waals surface area (Å²) in [4.78, 5) is 9.02. The van der Waals surface area contributed by atoms with Crippen LogP contribution in [-0.2, 0) is 6.42 Å². The van der Waals surface area contributed by atoms with Gasteiger partial charge in [-0.2, -0.15) is 0 Å². The Labute approximate surface area is 178 Å². The summed E-state index contributed by atoms with van der Waals surface area (Å²) >= 11 is 0. The fraction of sp³-hybridized carbons (Fsp3) is 0.381. The summed E-state index contributed by atoms with van der Waals surface area (Å²) in [7, 11) is 1.85. The van der Waals surface area contributed by atoms with Crippen LogP contribution in [0, 0.1) is 0 Å². The molecule has 2 N–H and O–H groups in total. The highest BCUT2D eigenvalue weighted by Crippen LogP contribution is 2.34. The van der Waals surface area contributed by atoms with Gasteiger partial charge in [0.25, 0.3) is 0 Å². The molecule has 1 saturated heterocycles. The lowest BCUT2D eigenvalue weighted by Gasteiger charge is -2.38. The predicted octanol–water partition coefficient (Wildman–Crippen LogP) is 3.05. The lowest BCUT2D eigenvalue weighted by molar-refractivity contribution is 0.367. The van der Waals surface area contributed by atoms with Crippen molar-refractivity contribution in [1.82, 2.24) is 10.2 Å². The first kappa shape index (κ1) is 19.8. The zero-order valence-corrected chi connectivity index (χ0v) is 18.0. The Hall–Kier alpha value is -1.96. The molecule has 0 saturated carbocycles. The van der Waals surface area contributed by atoms with Gasteiger partial charge in [-0.1, -0.05) is 36.4 Å². The molecule has 5 nitrogen and oxygen atoms in total. The van der Waals surface area contributed by atoms with Gasteiger partial charge in [0.1, 0.15) is 5.75 Å². The number of fused-ring (bicyclic) bond motifs is 1. The third-order valence-corrected chi connectivity index (χ3v) is 5.48. The zero-order valence-electron chi connectivity index (χ0n) is 15.6. The number of benzene rings is 2. The van der Waals surface area contributed by atoms with Crippen molar-refractivity contribution in [3.05, 3.63) is 59.7 Å². The Morgan fingerprint density at radius 3 is 2.48 bits per heavy atom. The minimum absolute atomic E-state index is 0. The fourth-order valence-electron chi connectivity index (χ4n) is 3.98. The Balaban J connectivity index is 0.00000210. The first-order valence-electron chi connectivity index (χ1n) is 9.32. The highest BCUT2D eigenvalue weighted by molar-refractivity contribution is 14.0. The maximum atomic E-state index is 10.1. The van der Waals surface area contributed by atoms with Gasteiger partial charge in [0.15, 0.2) is 5.96 Å². The average molecular weight is 478 g/mol. The second-order valence-electron chi connectivity index (χ2n) is 6.99.